The van der Waals surface area contributed by atoms with E-state index in [-0.39, 0.29) is 43.6 Å². The molecule has 9 heteroatoms. The van der Waals surface area contributed by atoms with Crippen molar-refractivity contribution in [3.63, 3.8) is 0 Å². The highest BCUT2D eigenvalue weighted by atomic mass is 32.2. The Morgan fingerprint density at radius 2 is 1.73 bits per heavy atom. The minimum atomic E-state index is -3.55. The number of halogens is 1. The van der Waals surface area contributed by atoms with Gasteiger partial charge >= 0.3 is 0 Å². The largest absolute Gasteiger partial charge is 0.354 e. The van der Waals surface area contributed by atoms with E-state index in [1.165, 1.54) is 21.8 Å². The van der Waals surface area contributed by atoms with Crippen molar-refractivity contribution in [2.75, 3.05) is 26.2 Å². The Morgan fingerprint density at radius 3 is 2.39 bits per heavy atom. The van der Waals surface area contributed by atoms with E-state index >= 15 is 0 Å². The van der Waals surface area contributed by atoms with Crippen molar-refractivity contribution < 1.29 is 22.4 Å². The van der Waals surface area contributed by atoms with Crippen LogP contribution in [0.5, 0.6) is 0 Å². The molecule has 1 heterocycles. The lowest BCUT2D eigenvalue weighted by molar-refractivity contribution is -0.126. The van der Waals surface area contributed by atoms with Crippen molar-refractivity contribution in [3.8, 4) is 0 Å². The molecular weight excluding hydrogens is 445 g/mol. The van der Waals surface area contributed by atoms with Crippen molar-refractivity contribution in [2.24, 2.45) is 5.92 Å². The summed E-state index contributed by atoms with van der Waals surface area (Å²) >= 11 is 0. The number of nitrogens with zero attached hydrogens (tertiary/aromatic N) is 1. The summed E-state index contributed by atoms with van der Waals surface area (Å²) in [5.74, 6) is -1.30. The highest BCUT2D eigenvalue weighted by molar-refractivity contribution is 7.92. The third-order valence-corrected chi connectivity index (χ3v) is 7.13. The molecule has 33 heavy (non-hydrogen) atoms. The van der Waals surface area contributed by atoms with Gasteiger partial charge in [-0.3, -0.25) is 9.59 Å². The Balaban J connectivity index is 1.39. The van der Waals surface area contributed by atoms with Crippen LogP contribution in [-0.4, -0.2) is 50.7 Å². The van der Waals surface area contributed by atoms with E-state index in [9.17, 15) is 22.4 Å². The fourth-order valence-electron chi connectivity index (χ4n) is 3.53. The maximum absolute atomic E-state index is 13.6. The van der Waals surface area contributed by atoms with Gasteiger partial charge in [-0.15, -0.1) is 0 Å². The van der Waals surface area contributed by atoms with E-state index < -0.39 is 21.7 Å². The number of nitrogens with one attached hydrogen (secondary N) is 2. The lowest BCUT2D eigenvalue weighted by atomic mass is 9.97. The maximum atomic E-state index is 13.6. The Bertz CT molecular complexity index is 1110. The predicted molar refractivity (Wildman–Crippen MR) is 125 cm³/mol. The van der Waals surface area contributed by atoms with Gasteiger partial charge in [0, 0.05) is 43.1 Å². The molecule has 2 amide bonds. The number of rotatable bonds is 8. The summed E-state index contributed by atoms with van der Waals surface area (Å²) in [6, 6.07) is 13.4. The Kier molecular flexibility index (Phi) is 8.35. The summed E-state index contributed by atoms with van der Waals surface area (Å²) in [5, 5.41) is 6.61. The van der Waals surface area contributed by atoms with Gasteiger partial charge in [0.05, 0.1) is 0 Å². The van der Waals surface area contributed by atoms with Crippen molar-refractivity contribution >= 4 is 27.9 Å². The molecule has 1 aliphatic heterocycles. The fourth-order valence-corrected chi connectivity index (χ4v) is 4.75. The first-order valence-corrected chi connectivity index (χ1v) is 12.3. The number of amides is 2. The zero-order valence-electron chi connectivity index (χ0n) is 18.5. The summed E-state index contributed by atoms with van der Waals surface area (Å²) in [4.78, 5) is 24.5. The molecule has 3 rings (SSSR count). The molecule has 176 valence electrons. The normalized spacial score (nSPS) is 15.5. The molecule has 0 spiro atoms. The first-order valence-electron chi connectivity index (χ1n) is 10.8. The van der Waals surface area contributed by atoms with Crippen molar-refractivity contribution in [3.05, 3.63) is 76.4 Å². The number of carbonyl (C=O) groups excluding carboxylic acids is 2. The summed E-state index contributed by atoms with van der Waals surface area (Å²) in [5.41, 5.74) is 1.49. The monoisotopic (exact) mass is 473 g/mol. The number of sulfonamides is 1. The van der Waals surface area contributed by atoms with Crippen LogP contribution in [0.15, 0.2) is 53.9 Å². The van der Waals surface area contributed by atoms with Crippen molar-refractivity contribution in [1.29, 1.82) is 0 Å². The van der Waals surface area contributed by atoms with Crippen LogP contribution in [0, 0.1) is 18.7 Å². The molecule has 0 radical (unpaired) electrons. The second-order valence-electron chi connectivity index (χ2n) is 7.94. The van der Waals surface area contributed by atoms with Gasteiger partial charge in [-0.1, -0.05) is 36.4 Å². The van der Waals surface area contributed by atoms with Crippen molar-refractivity contribution in [2.45, 2.75) is 19.8 Å². The minimum absolute atomic E-state index is 0.164. The number of piperidine rings is 1. The molecule has 0 atom stereocenters. The third-order valence-electron chi connectivity index (χ3n) is 5.56. The van der Waals surface area contributed by atoms with E-state index in [0.717, 1.165) is 5.56 Å². The number of carbonyl (C=O) groups is 2. The van der Waals surface area contributed by atoms with Gasteiger partial charge in [0.15, 0.2) is 0 Å². The van der Waals surface area contributed by atoms with Crippen LogP contribution in [0.3, 0.4) is 0 Å². The summed E-state index contributed by atoms with van der Waals surface area (Å²) < 4.78 is 40.0. The molecule has 2 aromatic rings. The van der Waals surface area contributed by atoms with Gasteiger partial charge in [-0.25, -0.2) is 12.8 Å². The number of aryl methyl sites for hydroxylation is 1. The lowest BCUT2D eigenvalue weighted by Gasteiger charge is -2.29. The van der Waals surface area contributed by atoms with E-state index in [0.29, 0.717) is 18.4 Å². The van der Waals surface area contributed by atoms with E-state index in [1.54, 1.807) is 19.1 Å². The molecule has 0 bridgehead atoms. The standard InChI is InChI=1S/C24H28FN3O4S/c1-18-7-8-21(17-22(18)25)24(30)27-13-12-26-23(29)20-9-14-28(15-10-20)33(31,32)16-11-19-5-3-2-4-6-19/h2-8,11,16-17,20H,9-10,12-15H2,1H3,(H,26,29)(H,27,30)/b16-11+. The average molecular weight is 474 g/mol. The molecule has 7 nitrogen and oxygen atoms in total. The van der Waals surface area contributed by atoms with Gasteiger partial charge in [0.1, 0.15) is 5.82 Å². The number of hydrogen-bond acceptors (Lipinski definition) is 4. The Labute approximate surface area is 193 Å². The van der Waals surface area contributed by atoms with Crippen LogP contribution in [-0.2, 0) is 14.8 Å². The zero-order chi connectivity index (χ0) is 23.8. The molecule has 0 saturated carbocycles. The Morgan fingerprint density at radius 1 is 1.06 bits per heavy atom. The molecular formula is C24H28FN3O4S. The van der Waals surface area contributed by atoms with E-state index in [4.69, 9.17) is 0 Å². The van der Waals surface area contributed by atoms with E-state index in [1.807, 2.05) is 30.3 Å². The molecule has 1 aliphatic rings. The SMILES string of the molecule is Cc1ccc(C(=O)NCCNC(=O)C2CCN(S(=O)(=O)/C=C/c3ccccc3)CC2)cc1F. The van der Waals surface area contributed by atoms with Gasteiger partial charge in [-0.05, 0) is 49.1 Å². The molecule has 1 saturated heterocycles. The van der Waals surface area contributed by atoms with Crippen LogP contribution < -0.4 is 10.6 Å². The molecule has 0 unspecified atom stereocenters. The molecule has 1 fully saturated rings. The summed E-state index contributed by atoms with van der Waals surface area (Å²) in [7, 11) is -3.55. The van der Waals surface area contributed by atoms with E-state index in [2.05, 4.69) is 10.6 Å². The highest BCUT2D eigenvalue weighted by Crippen LogP contribution is 2.21. The second-order valence-corrected chi connectivity index (χ2v) is 9.76. The Hall–Kier alpha value is -3.04. The van der Waals surface area contributed by atoms with Crippen LogP contribution in [0.25, 0.3) is 6.08 Å². The topological polar surface area (TPSA) is 95.6 Å². The highest BCUT2D eigenvalue weighted by Gasteiger charge is 2.29. The van der Waals surface area contributed by atoms with Gasteiger partial charge in [-0.2, -0.15) is 4.31 Å². The van der Waals surface area contributed by atoms with Gasteiger partial charge < -0.3 is 10.6 Å². The van der Waals surface area contributed by atoms with Crippen LogP contribution >= 0.6 is 0 Å². The first kappa shape index (κ1) is 24.6. The van der Waals surface area contributed by atoms with Gasteiger partial charge in [0.25, 0.3) is 5.91 Å². The maximum Gasteiger partial charge on any atom is 0.251 e. The second kappa shape index (κ2) is 11.2. The smallest absolute Gasteiger partial charge is 0.251 e. The average Bonchev–Trinajstić information content (AvgIpc) is 2.82. The van der Waals surface area contributed by atoms with Crippen LogP contribution in [0.4, 0.5) is 4.39 Å². The molecule has 2 aromatic carbocycles. The van der Waals surface area contributed by atoms with Crippen LogP contribution in [0.2, 0.25) is 0 Å². The number of hydrogen-bond donors (Lipinski definition) is 2. The van der Waals surface area contributed by atoms with Crippen LogP contribution in [0.1, 0.15) is 34.3 Å². The number of benzene rings is 2. The summed E-state index contributed by atoms with van der Waals surface area (Å²) in [6.45, 7) is 2.60. The zero-order valence-corrected chi connectivity index (χ0v) is 19.3. The van der Waals surface area contributed by atoms with Crippen molar-refractivity contribution in [1.82, 2.24) is 14.9 Å². The predicted octanol–water partition coefficient (Wildman–Crippen LogP) is 2.69. The first-order chi connectivity index (χ1) is 15.8. The lowest BCUT2D eigenvalue weighted by Crippen LogP contribution is -2.43. The van der Waals surface area contributed by atoms with Gasteiger partial charge in [0.2, 0.25) is 15.9 Å². The third kappa shape index (κ3) is 6.97. The minimum Gasteiger partial charge on any atom is -0.354 e. The quantitative estimate of drug-likeness (QED) is 0.577. The molecule has 2 N–H and O–H groups in total. The summed E-state index contributed by atoms with van der Waals surface area (Å²) in [6.07, 6.45) is 2.42. The molecule has 0 aromatic heterocycles. The fraction of sp³-hybridized carbons (Fsp3) is 0.333. The molecule has 0 aliphatic carbocycles.